The highest BCUT2D eigenvalue weighted by atomic mass is 127. The van der Waals surface area contributed by atoms with Gasteiger partial charge in [-0.2, -0.15) is 0 Å². The van der Waals surface area contributed by atoms with Crippen molar-refractivity contribution in [2.75, 3.05) is 53.0 Å². The van der Waals surface area contributed by atoms with Gasteiger partial charge >= 0.3 is 0 Å². The minimum Gasteiger partial charge on any atom is -0.379 e. The summed E-state index contributed by atoms with van der Waals surface area (Å²) in [5, 5.41) is 6.89. The fraction of sp³-hybridized carbons (Fsp3) is 0.950. The standard InChI is InChI=1S/C20H42N4O2.HI/c1-6-24(7-2)18(14-17(3)4)15-23-20(21-5)22-11-9-12-25-16-19-10-8-13-26-19;/h17-19H,6-16H2,1-5H3,(H2,21,22,23);1H. The smallest absolute Gasteiger partial charge is 0.191 e. The molecule has 2 unspecified atom stereocenters. The molecule has 0 saturated carbocycles. The van der Waals surface area contributed by atoms with E-state index in [0.717, 1.165) is 64.8 Å². The van der Waals surface area contributed by atoms with Gasteiger partial charge in [0.1, 0.15) is 0 Å². The summed E-state index contributed by atoms with van der Waals surface area (Å²) in [4.78, 5) is 6.87. The number of guanidine groups is 1. The fourth-order valence-electron chi connectivity index (χ4n) is 3.45. The van der Waals surface area contributed by atoms with Crippen LogP contribution in [0.3, 0.4) is 0 Å². The second-order valence-corrected chi connectivity index (χ2v) is 7.45. The van der Waals surface area contributed by atoms with Crippen LogP contribution < -0.4 is 10.6 Å². The Balaban J connectivity index is 0.00000676. The van der Waals surface area contributed by atoms with Gasteiger partial charge in [-0.25, -0.2) is 0 Å². The van der Waals surface area contributed by atoms with Crippen LogP contribution in [0.1, 0.15) is 53.4 Å². The molecule has 6 nitrogen and oxygen atoms in total. The molecule has 2 N–H and O–H groups in total. The molecular weight excluding hydrogens is 455 g/mol. The molecule has 0 aromatic carbocycles. The highest BCUT2D eigenvalue weighted by molar-refractivity contribution is 14.0. The Morgan fingerprint density at radius 3 is 2.56 bits per heavy atom. The van der Waals surface area contributed by atoms with Crippen LogP contribution >= 0.6 is 24.0 Å². The van der Waals surface area contributed by atoms with Crippen LogP contribution in [-0.2, 0) is 9.47 Å². The zero-order valence-electron chi connectivity index (χ0n) is 18.1. The third-order valence-electron chi connectivity index (χ3n) is 4.89. The number of aliphatic imine (C=N–C) groups is 1. The highest BCUT2D eigenvalue weighted by Crippen LogP contribution is 2.12. The summed E-state index contributed by atoms with van der Waals surface area (Å²) in [6, 6.07) is 0.540. The molecule has 162 valence electrons. The molecule has 0 spiro atoms. The van der Waals surface area contributed by atoms with E-state index in [1.807, 2.05) is 7.05 Å². The summed E-state index contributed by atoms with van der Waals surface area (Å²) in [6.07, 6.45) is 4.79. The van der Waals surface area contributed by atoms with Gasteiger partial charge in [-0.1, -0.05) is 27.7 Å². The molecule has 0 aromatic heterocycles. The van der Waals surface area contributed by atoms with Crippen molar-refractivity contribution in [2.24, 2.45) is 10.9 Å². The SMILES string of the molecule is CCN(CC)C(CNC(=NC)NCCCOCC1CCCO1)CC(C)C.I. The first-order chi connectivity index (χ1) is 12.6. The van der Waals surface area contributed by atoms with Crippen molar-refractivity contribution in [3.05, 3.63) is 0 Å². The predicted octanol–water partition coefficient (Wildman–Crippen LogP) is 3.11. The van der Waals surface area contributed by atoms with Crippen LogP contribution in [0.4, 0.5) is 0 Å². The van der Waals surface area contributed by atoms with Gasteiger partial charge in [0.15, 0.2) is 5.96 Å². The molecule has 1 aliphatic rings. The van der Waals surface area contributed by atoms with Crippen molar-refractivity contribution in [1.82, 2.24) is 15.5 Å². The van der Waals surface area contributed by atoms with Crippen LogP contribution in [0.15, 0.2) is 4.99 Å². The summed E-state index contributed by atoms with van der Waals surface area (Å²) in [6.45, 7) is 15.4. The van der Waals surface area contributed by atoms with Gasteiger partial charge in [0, 0.05) is 39.4 Å². The zero-order valence-corrected chi connectivity index (χ0v) is 20.5. The van der Waals surface area contributed by atoms with Gasteiger partial charge < -0.3 is 20.1 Å². The second kappa shape index (κ2) is 16.8. The molecule has 0 aromatic rings. The normalized spacial score (nSPS) is 18.6. The molecule has 2 atom stereocenters. The van der Waals surface area contributed by atoms with E-state index in [-0.39, 0.29) is 24.0 Å². The number of likely N-dealkylation sites (N-methyl/N-ethyl adjacent to an activating group) is 1. The van der Waals surface area contributed by atoms with E-state index < -0.39 is 0 Å². The number of halogens is 1. The van der Waals surface area contributed by atoms with Crippen LogP contribution in [-0.4, -0.2) is 76.1 Å². The van der Waals surface area contributed by atoms with Gasteiger partial charge in [0.25, 0.3) is 0 Å². The largest absolute Gasteiger partial charge is 0.379 e. The maximum absolute atomic E-state index is 5.70. The van der Waals surface area contributed by atoms with Gasteiger partial charge in [0.05, 0.1) is 12.7 Å². The molecule has 1 rings (SSSR count). The highest BCUT2D eigenvalue weighted by Gasteiger charge is 2.17. The molecule has 1 heterocycles. The third-order valence-corrected chi connectivity index (χ3v) is 4.89. The van der Waals surface area contributed by atoms with E-state index in [2.05, 4.69) is 48.2 Å². The van der Waals surface area contributed by atoms with Crippen LogP contribution in [0.2, 0.25) is 0 Å². The summed E-state index contributed by atoms with van der Waals surface area (Å²) >= 11 is 0. The van der Waals surface area contributed by atoms with Crippen LogP contribution in [0.25, 0.3) is 0 Å². The Labute approximate surface area is 184 Å². The maximum atomic E-state index is 5.70. The van der Waals surface area contributed by atoms with Crippen LogP contribution in [0.5, 0.6) is 0 Å². The summed E-state index contributed by atoms with van der Waals surface area (Å²) in [7, 11) is 1.83. The Morgan fingerprint density at radius 2 is 2.00 bits per heavy atom. The van der Waals surface area contributed by atoms with E-state index in [0.29, 0.717) is 18.1 Å². The predicted molar refractivity (Wildman–Crippen MR) is 125 cm³/mol. The van der Waals surface area contributed by atoms with Gasteiger partial charge in [-0.15, -0.1) is 24.0 Å². The van der Waals surface area contributed by atoms with Crippen molar-refractivity contribution in [2.45, 2.75) is 65.5 Å². The fourth-order valence-corrected chi connectivity index (χ4v) is 3.45. The molecule has 0 amide bonds. The van der Waals surface area contributed by atoms with Crippen molar-refractivity contribution < 1.29 is 9.47 Å². The van der Waals surface area contributed by atoms with Crippen molar-refractivity contribution in [1.29, 1.82) is 0 Å². The molecule has 27 heavy (non-hydrogen) atoms. The number of hydrogen-bond donors (Lipinski definition) is 2. The Bertz CT molecular complexity index is 373. The van der Waals surface area contributed by atoms with Crippen LogP contribution in [0, 0.1) is 5.92 Å². The summed E-state index contributed by atoms with van der Waals surface area (Å²) < 4.78 is 11.3. The van der Waals surface area contributed by atoms with E-state index in [1.54, 1.807) is 0 Å². The van der Waals surface area contributed by atoms with E-state index in [1.165, 1.54) is 12.8 Å². The van der Waals surface area contributed by atoms with Gasteiger partial charge in [-0.05, 0) is 44.7 Å². The molecule has 7 heteroatoms. The Morgan fingerprint density at radius 1 is 1.26 bits per heavy atom. The second-order valence-electron chi connectivity index (χ2n) is 7.45. The van der Waals surface area contributed by atoms with Crippen molar-refractivity contribution in [3.63, 3.8) is 0 Å². The Hall–Kier alpha value is -0.120. The molecule has 0 radical (unpaired) electrons. The summed E-state index contributed by atoms with van der Waals surface area (Å²) in [5.74, 6) is 1.57. The topological polar surface area (TPSA) is 58.1 Å². The first kappa shape index (κ1) is 26.9. The number of hydrogen-bond acceptors (Lipinski definition) is 4. The number of rotatable bonds is 13. The van der Waals surface area contributed by atoms with Gasteiger partial charge in [0.2, 0.25) is 0 Å². The molecule has 1 saturated heterocycles. The lowest BCUT2D eigenvalue weighted by atomic mass is 10.0. The number of nitrogens with one attached hydrogen (secondary N) is 2. The number of ether oxygens (including phenoxy) is 2. The first-order valence-corrected chi connectivity index (χ1v) is 10.5. The monoisotopic (exact) mass is 498 g/mol. The lowest BCUT2D eigenvalue weighted by molar-refractivity contribution is 0.0168. The lowest BCUT2D eigenvalue weighted by Gasteiger charge is -2.31. The molecular formula is C20H43IN4O2. The quantitative estimate of drug-likeness (QED) is 0.177. The molecule has 1 aliphatic heterocycles. The van der Waals surface area contributed by atoms with E-state index in [4.69, 9.17) is 9.47 Å². The van der Waals surface area contributed by atoms with E-state index >= 15 is 0 Å². The van der Waals surface area contributed by atoms with E-state index in [9.17, 15) is 0 Å². The zero-order chi connectivity index (χ0) is 19.2. The number of nitrogens with zero attached hydrogens (tertiary/aromatic N) is 2. The molecule has 0 bridgehead atoms. The maximum Gasteiger partial charge on any atom is 0.191 e. The third kappa shape index (κ3) is 12.1. The first-order valence-electron chi connectivity index (χ1n) is 10.5. The summed E-state index contributed by atoms with van der Waals surface area (Å²) in [5.41, 5.74) is 0. The molecule has 1 fully saturated rings. The molecule has 0 aliphatic carbocycles. The minimum atomic E-state index is 0. The Kier molecular flexibility index (Phi) is 16.7. The van der Waals surface area contributed by atoms with Gasteiger partial charge in [-0.3, -0.25) is 9.89 Å². The minimum absolute atomic E-state index is 0. The van der Waals surface area contributed by atoms with Crippen molar-refractivity contribution >= 4 is 29.9 Å². The van der Waals surface area contributed by atoms with Crippen molar-refractivity contribution in [3.8, 4) is 0 Å². The lowest BCUT2D eigenvalue weighted by Crippen LogP contribution is -2.47. The average molecular weight is 498 g/mol. The average Bonchev–Trinajstić information content (AvgIpc) is 3.14.